The summed E-state index contributed by atoms with van der Waals surface area (Å²) in [6.07, 6.45) is -0.907. The van der Waals surface area contributed by atoms with E-state index in [0.717, 1.165) is 0 Å². The molecule has 3 nitrogen and oxygen atoms in total. The van der Waals surface area contributed by atoms with Gasteiger partial charge in [-0.2, -0.15) is 4.20 Å². The summed E-state index contributed by atoms with van der Waals surface area (Å²) in [5, 5.41) is 0. The van der Waals surface area contributed by atoms with Gasteiger partial charge in [-0.1, -0.05) is 0 Å². The molecule has 56 valence electrons. The molecule has 0 saturated heterocycles. The second-order valence-electron chi connectivity index (χ2n) is 1.93. The second-order valence-corrected chi connectivity index (χ2v) is 3.68. The normalized spacial score (nSPS) is 17.9. The Balaban J connectivity index is 3.73. The molecule has 0 saturated carbocycles. The van der Waals surface area contributed by atoms with Crippen molar-refractivity contribution in [1.82, 2.24) is 0 Å². The Morgan fingerprint density at radius 3 is 2.33 bits per heavy atom. The van der Waals surface area contributed by atoms with E-state index in [4.69, 9.17) is 5.73 Å². The van der Waals surface area contributed by atoms with E-state index < -0.39 is 14.0 Å². The van der Waals surface area contributed by atoms with Crippen molar-refractivity contribution in [2.45, 2.75) is 20.0 Å². The van der Waals surface area contributed by atoms with Crippen LogP contribution in [0.2, 0.25) is 0 Å². The minimum absolute atomic E-state index is 0.371. The fourth-order valence-electron chi connectivity index (χ4n) is 0.358. The molecule has 5 heteroatoms. The first-order chi connectivity index (χ1) is 3.98. The van der Waals surface area contributed by atoms with E-state index in [2.05, 4.69) is 4.52 Å². The van der Waals surface area contributed by atoms with Gasteiger partial charge in [0.15, 0.2) is 0 Å². The SMILES string of the molecule is CC(C)OP(=O)(F)CN. The van der Waals surface area contributed by atoms with Gasteiger partial charge in [0, 0.05) is 0 Å². The lowest BCUT2D eigenvalue weighted by molar-refractivity contribution is 0.224. The van der Waals surface area contributed by atoms with Crippen LogP contribution in [0.4, 0.5) is 4.20 Å². The van der Waals surface area contributed by atoms with Crippen molar-refractivity contribution in [3.63, 3.8) is 0 Å². The zero-order chi connectivity index (χ0) is 7.49. The highest BCUT2D eigenvalue weighted by Gasteiger charge is 2.20. The molecule has 1 unspecified atom stereocenters. The molecule has 0 aliphatic rings. The molecule has 1 atom stereocenters. The number of halogens is 1. The van der Waals surface area contributed by atoms with Crippen molar-refractivity contribution in [2.75, 3.05) is 6.29 Å². The molecule has 0 spiro atoms. The third-order valence-electron chi connectivity index (χ3n) is 0.586. The van der Waals surface area contributed by atoms with Crippen LogP contribution in [0.25, 0.3) is 0 Å². The molecule has 0 bridgehead atoms. The highest BCUT2D eigenvalue weighted by molar-refractivity contribution is 7.53. The molecule has 9 heavy (non-hydrogen) atoms. The summed E-state index contributed by atoms with van der Waals surface area (Å²) in [6, 6.07) is 0. The molecule has 0 aliphatic carbocycles. The maximum absolute atomic E-state index is 12.3. The van der Waals surface area contributed by atoms with Crippen LogP contribution in [0.15, 0.2) is 0 Å². The molecule has 0 aliphatic heterocycles. The molecule has 0 radical (unpaired) electrons. The van der Waals surface area contributed by atoms with Crippen LogP contribution in [0.5, 0.6) is 0 Å². The van der Waals surface area contributed by atoms with Gasteiger partial charge in [-0.15, -0.1) is 0 Å². The summed E-state index contributed by atoms with van der Waals surface area (Å²) in [4.78, 5) is 0. The van der Waals surface area contributed by atoms with E-state index in [1.54, 1.807) is 13.8 Å². The molecule has 0 rings (SSSR count). The lowest BCUT2D eigenvalue weighted by Crippen LogP contribution is -2.05. The van der Waals surface area contributed by atoms with Gasteiger partial charge in [-0.05, 0) is 13.8 Å². The first-order valence-electron chi connectivity index (χ1n) is 2.65. The zero-order valence-corrected chi connectivity index (χ0v) is 6.40. The summed E-state index contributed by atoms with van der Waals surface area (Å²) < 4.78 is 27.0. The lowest BCUT2D eigenvalue weighted by atomic mass is 10.5. The summed E-state index contributed by atoms with van der Waals surface area (Å²) in [5.74, 6) is 0. The van der Waals surface area contributed by atoms with Crippen LogP contribution in [0, 0.1) is 0 Å². The number of hydrogen-bond donors (Lipinski definition) is 1. The fraction of sp³-hybridized carbons (Fsp3) is 1.00. The number of rotatable bonds is 3. The first-order valence-corrected chi connectivity index (χ1v) is 4.35. The van der Waals surface area contributed by atoms with E-state index in [9.17, 15) is 8.76 Å². The van der Waals surface area contributed by atoms with Gasteiger partial charge in [0.25, 0.3) is 0 Å². The van der Waals surface area contributed by atoms with Gasteiger partial charge >= 0.3 is 7.68 Å². The molecular weight excluding hydrogens is 144 g/mol. The van der Waals surface area contributed by atoms with Gasteiger partial charge in [-0.25, -0.2) is 0 Å². The van der Waals surface area contributed by atoms with E-state index in [-0.39, 0.29) is 6.10 Å². The number of hydrogen-bond acceptors (Lipinski definition) is 3. The van der Waals surface area contributed by atoms with Gasteiger partial charge in [0.2, 0.25) is 0 Å². The molecular formula is C4H11FNO2P. The monoisotopic (exact) mass is 155 g/mol. The Labute approximate surface area is 54.0 Å². The summed E-state index contributed by atoms with van der Waals surface area (Å²) in [5.41, 5.74) is 4.79. The topological polar surface area (TPSA) is 52.3 Å². The maximum atomic E-state index is 12.3. The Morgan fingerprint density at radius 2 is 2.22 bits per heavy atom. The maximum Gasteiger partial charge on any atom is 0.380 e. The molecule has 0 aromatic carbocycles. The highest BCUT2D eigenvalue weighted by atomic mass is 31.2. The second kappa shape index (κ2) is 3.30. The van der Waals surface area contributed by atoms with Gasteiger partial charge in [0.1, 0.15) is 6.29 Å². The molecule has 0 amide bonds. The summed E-state index contributed by atoms with van der Waals surface area (Å²) in [7, 11) is -3.95. The van der Waals surface area contributed by atoms with E-state index >= 15 is 0 Å². The Hall–Kier alpha value is 0.0800. The van der Waals surface area contributed by atoms with Crippen molar-refractivity contribution in [2.24, 2.45) is 5.73 Å². The van der Waals surface area contributed by atoms with Crippen molar-refractivity contribution in [3.05, 3.63) is 0 Å². The standard InChI is InChI=1S/C4H11FNO2P/c1-4(2)8-9(5,7)3-6/h4H,3,6H2,1-2H3. The molecule has 0 fully saturated rings. The summed E-state index contributed by atoms with van der Waals surface area (Å²) in [6.45, 7) is 3.20. The third kappa shape index (κ3) is 4.58. The quantitative estimate of drug-likeness (QED) is 0.628. The van der Waals surface area contributed by atoms with Gasteiger partial charge < -0.3 is 10.3 Å². The van der Waals surface area contributed by atoms with Crippen molar-refractivity contribution in [3.8, 4) is 0 Å². The minimum atomic E-state index is -3.95. The zero-order valence-electron chi connectivity index (χ0n) is 5.50. The van der Waals surface area contributed by atoms with Crippen molar-refractivity contribution >= 4 is 7.68 Å². The van der Waals surface area contributed by atoms with Crippen LogP contribution >= 0.6 is 7.68 Å². The molecule has 2 N–H and O–H groups in total. The van der Waals surface area contributed by atoms with Crippen LogP contribution in [0.1, 0.15) is 13.8 Å². The average Bonchev–Trinajstić information content (AvgIpc) is 1.63. The van der Waals surface area contributed by atoms with E-state index in [1.807, 2.05) is 0 Å². The fourth-order valence-corrected chi connectivity index (χ4v) is 1.07. The van der Waals surface area contributed by atoms with Crippen molar-refractivity contribution in [1.29, 1.82) is 0 Å². The predicted octanol–water partition coefficient (Wildman–Crippen LogP) is 1.49. The Morgan fingerprint density at radius 1 is 1.78 bits per heavy atom. The van der Waals surface area contributed by atoms with Crippen LogP contribution in [0.3, 0.4) is 0 Å². The first kappa shape index (κ1) is 9.08. The Kier molecular flexibility index (Phi) is 3.33. The van der Waals surface area contributed by atoms with Crippen LogP contribution in [-0.4, -0.2) is 12.4 Å². The van der Waals surface area contributed by atoms with Crippen LogP contribution < -0.4 is 5.73 Å². The largest absolute Gasteiger partial charge is 0.380 e. The van der Waals surface area contributed by atoms with Crippen LogP contribution in [-0.2, 0) is 9.09 Å². The number of nitrogens with two attached hydrogens (primary N) is 1. The predicted molar refractivity (Wildman–Crippen MR) is 34.0 cm³/mol. The molecule has 0 aromatic heterocycles. The van der Waals surface area contributed by atoms with Gasteiger partial charge in [0.05, 0.1) is 6.10 Å². The third-order valence-corrected chi connectivity index (χ3v) is 1.76. The molecule has 0 heterocycles. The smallest absolute Gasteiger partial charge is 0.320 e. The highest BCUT2D eigenvalue weighted by Crippen LogP contribution is 2.47. The summed E-state index contributed by atoms with van der Waals surface area (Å²) >= 11 is 0. The van der Waals surface area contributed by atoms with E-state index in [0.29, 0.717) is 0 Å². The molecule has 0 aromatic rings. The van der Waals surface area contributed by atoms with E-state index in [1.165, 1.54) is 0 Å². The van der Waals surface area contributed by atoms with Gasteiger partial charge in [-0.3, -0.25) is 4.57 Å². The Bertz CT molecular complexity index is 128. The van der Waals surface area contributed by atoms with Crippen molar-refractivity contribution < 1.29 is 13.3 Å². The minimum Gasteiger partial charge on any atom is -0.320 e. The average molecular weight is 155 g/mol. The lowest BCUT2D eigenvalue weighted by Gasteiger charge is -2.09.